The van der Waals surface area contributed by atoms with Crippen LogP contribution in [0.15, 0.2) is 146 Å². The Bertz CT molecular complexity index is 1820. The molecule has 0 amide bonds. The standard InChI is InChI=1S/C46H48N3/c1-3-48(38-18-10-6-11-19-38)40-28-24-36(25-29-40)46(37-26-30-41(31-27-37)49(4-2)39-20-12-7-13-21-39)44-32-33-45(43-23-15-14-22-42(43)44)47-34-35-16-8-5-9-17-35/h6-7,10-15,18-33,35,47H,3-5,8-9,16-17,34H2,1-2H3/q+1. The molecule has 7 rings (SSSR count). The lowest BCUT2D eigenvalue weighted by Gasteiger charge is -2.25. The van der Waals surface area contributed by atoms with Crippen molar-refractivity contribution in [3.63, 3.8) is 0 Å². The summed E-state index contributed by atoms with van der Waals surface area (Å²) in [5.41, 5.74) is 9.72. The Labute approximate surface area is 293 Å². The number of rotatable bonds is 12. The third kappa shape index (κ3) is 7.17. The lowest BCUT2D eigenvalue weighted by molar-refractivity contribution is 0.373. The van der Waals surface area contributed by atoms with E-state index in [4.69, 9.17) is 0 Å². The van der Waals surface area contributed by atoms with Crippen LogP contribution < -0.4 is 15.1 Å². The summed E-state index contributed by atoms with van der Waals surface area (Å²) in [6.45, 7) is 7.27. The quantitative estimate of drug-likeness (QED) is 0.106. The molecule has 0 spiro atoms. The molecule has 246 valence electrons. The second-order valence-corrected chi connectivity index (χ2v) is 13.2. The monoisotopic (exact) mass is 642 g/mol. The second-order valence-electron chi connectivity index (χ2n) is 13.2. The lowest BCUT2D eigenvalue weighted by atomic mass is 9.82. The normalized spacial score (nSPS) is 13.3. The molecule has 0 radical (unpaired) electrons. The van der Waals surface area contributed by atoms with Crippen LogP contribution in [0.25, 0.3) is 10.8 Å². The summed E-state index contributed by atoms with van der Waals surface area (Å²) in [4.78, 5) is 4.73. The van der Waals surface area contributed by atoms with Crippen molar-refractivity contribution < 1.29 is 0 Å². The highest BCUT2D eigenvalue weighted by molar-refractivity contribution is 5.98. The van der Waals surface area contributed by atoms with Gasteiger partial charge in [-0.1, -0.05) is 67.8 Å². The molecule has 6 aromatic carbocycles. The zero-order valence-electron chi connectivity index (χ0n) is 29.0. The predicted molar refractivity (Wildman–Crippen MR) is 211 cm³/mol. The maximum absolute atomic E-state index is 3.87. The van der Waals surface area contributed by atoms with Crippen molar-refractivity contribution in [1.29, 1.82) is 0 Å². The fourth-order valence-corrected chi connectivity index (χ4v) is 7.65. The highest BCUT2D eigenvalue weighted by Crippen LogP contribution is 2.40. The van der Waals surface area contributed by atoms with E-state index in [1.165, 1.54) is 93.9 Å². The summed E-state index contributed by atoms with van der Waals surface area (Å²) in [7, 11) is 0. The maximum atomic E-state index is 3.87. The van der Waals surface area contributed by atoms with E-state index in [2.05, 4.69) is 175 Å². The number of hydrogen-bond acceptors (Lipinski definition) is 3. The molecule has 0 atom stereocenters. The van der Waals surface area contributed by atoms with Gasteiger partial charge in [0.25, 0.3) is 0 Å². The number of nitrogens with one attached hydrogen (secondary N) is 1. The van der Waals surface area contributed by atoms with Crippen LogP contribution in [0.5, 0.6) is 0 Å². The van der Waals surface area contributed by atoms with Gasteiger partial charge < -0.3 is 15.1 Å². The molecule has 1 aliphatic rings. The third-order valence-corrected chi connectivity index (χ3v) is 10.2. The minimum Gasteiger partial charge on any atom is -0.383 e. The number of hydrogen-bond donors (Lipinski definition) is 1. The molecule has 0 bridgehead atoms. The minimum absolute atomic E-state index is 0.767. The van der Waals surface area contributed by atoms with Crippen molar-refractivity contribution in [2.75, 3.05) is 34.8 Å². The van der Waals surface area contributed by atoms with Crippen LogP contribution in [-0.4, -0.2) is 19.6 Å². The van der Waals surface area contributed by atoms with E-state index in [9.17, 15) is 0 Å². The van der Waals surface area contributed by atoms with Crippen molar-refractivity contribution >= 4 is 39.2 Å². The van der Waals surface area contributed by atoms with Gasteiger partial charge in [-0.3, -0.25) is 0 Å². The van der Waals surface area contributed by atoms with Gasteiger partial charge >= 0.3 is 0 Å². The van der Waals surface area contributed by atoms with Gasteiger partial charge in [0, 0.05) is 41.8 Å². The Morgan fingerprint density at radius 2 is 0.980 bits per heavy atom. The third-order valence-electron chi connectivity index (χ3n) is 10.2. The van der Waals surface area contributed by atoms with Crippen molar-refractivity contribution in [3.05, 3.63) is 168 Å². The Morgan fingerprint density at radius 3 is 1.49 bits per heavy atom. The molecule has 3 heteroatoms. The Hall–Kier alpha value is -5.15. The number of para-hydroxylation sites is 2. The van der Waals surface area contributed by atoms with E-state index < -0.39 is 0 Å². The molecule has 0 aromatic heterocycles. The molecule has 1 fully saturated rings. The van der Waals surface area contributed by atoms with Crippen LogP contribution in [-0.2, 0) is 0 Å². The van der Waals surface area contributed by atoms with Crippen molar-refractivity contribution in [1.82, 2.24) is 0 Å². The number of fused-ring (bicyclic) bond motifs is 1. The summed E-state index contributed by atoms with van der Waals surface area (Å²) < 4.78 is 0. The lowest BCUT2D eigenvalue weighted by Crippen LogP contribution is -2.17. The summed E-state index contributed by atoms with van der Waals surface area (Å²) >= 11 is 0. The van der Waals surface area contributed by atoms with E-state index >= 15 is 0 Å². The fourth-order valence-electron chi connectivity index (χ4n) is 7.65. The first-order valence-electron chi connectivity index (χ1n) is 18.2. The van der Waals surface area contributed by atoms with Gasteiger partial charge in [0.15, 0.2) is 0 Å². The molecule has 0 heterocycles. The summed E-state index contributed by atoms with van der Waals surface area (Å²) in [5.74, 6) is 2.02. The average molecular weight is 643 g/mol. The van der Waals surface area contributed by atoms with Gasteiger partial charge in [0.1, 0.15) is 0 Å². The molecule has 1 saturated carbocycles. The highest BCUT2D eigenvalue weighted by atomic mass is 15.1. The maximum Gasteiger partial charge on any atom is 0.0638 e. The number of benzene rings is 6. The van der Waals surface area contributed by atoms with Crippen LogP contribution in [0, 0.1) is 11.8 Å². The molecule has 1 N–H and O–H groups in total. The van der Waals surface area contributed by atoms with Crippen LogP contribution >= 0.6 is 0 Å². The van der Waals surface area contributed by atoms with E-state index in [0.717, 1.165) is 25.6 Å². The van der Waals surface area contributed by atoms with E-state index in [-0.39, 0.29) is 0 Å². The van der Waals surface area contributed by atoms with Gasteiger partial charge in [-0.2, -0.15) is 0 Å². The first-order valence-corrected chi connectivity index (χ1v) is 18.2. The summed E-state index contributed by atoms with van der Waals surface area (Å²) in [6, 6.07) is 53.2. The van der Waals surface area contributed by atoms with Gasteiger partial charge in [0.2, 0.25) is 0 Å². The average Bonchev–Trinajstić information content (AvgIpc) is 3.17. The highest BCUT2D eigenvalue weighted by Gasteiger charge is 2.27. The molecular formula is C46H48N3+. The first kappa shape index (κ1) is 32.4. The van der Waals surface area contributed by atoms with Crippen molar-refractivity contribution in [2.24, 2.45) is 5.92 Å². The molecule has 0 unspecified atom stereocenters. The Morgan fingerprint density at radius 1 is 0.510 bits per heavy atom. The van der Waals surface area contributed by atoms with Gasteiger partial charge in [-0.15, -0.1) is 0 Å². The topological polar surface area (TPSA) is 18.5 Å². The summed E-state index contributed by atoms with van der Waals surface area (Å²) in [6.07, 6.45) is 6.80. The number of nitrogens with zero attached hydrogens (tertiary/aromatic N) is 2. The Kier molecular flexibility index (Phi) is 10.2. The van der Waals surface area contributed by atoms with E-state index in [1.54, 1.807) is 0 Å². The van der Waals surface area contributed by atoms with Crippen LogP contribution in [0.3, 0.4) is 0 Å². The molecule has 3 nitrogen and oxygen atoms in total. The number of anilines is 5. The van der Waals surface area contributed by atoms with Crippen LogP contribution in [0.2, 0.25) is 0 Å². The molecule has 6 aromatic rings. The molecule has 49 heavy (non-hydrogen) atoms. The predicted octanol–water partition coefficient (Wildman–Crippen LogP) is 12.2. The molecule has 1 aliphatic carbocycles. The minimum atomic E-state index is 0.767. The van der Waals surface area contributed by atoms with E-state index in [1.807, 2.05) is 0 Å². The Balaban J connectivity index is 1.28. The van der Waals surface area contributed by atoms with Crippen LogP contribution in [0.4, 0.5) is 28.4 Å². The largest absolute Gasteiger partial charge is 0.383 e. The zero-order valence-corrected chi connectivity index (χ0v) is 29.0. The van der Waals surface area contributed by atoms with Gasteiger partial charge in [0.05, 0.1) is 39.7 Å². The smallest absolute Gasteiger partial charge is 0.0638 e. The van der Waals surface area contributed by atoms with Crippen LogP contribution in [0.1, 0.15) is 62.6 Å². The molecule has 0 aliphatic heterocycles. The molecular weight excluding hydrogens is 595 g/mol. The fraction of sp³-hybridized carbons (Fsp3) is 0.239. The summed E-state index contributed by atoms with van der Waals surface area (Å²) in [5, 5.41) is 6.42. The first-order chi connectivity index (χ1) is 24.2. The molecule has 0 saturated heterocycles. The van der Waals surface area contributed by atoms with Gasteiger partial charge in [-0.25, -0.2) is 0 Å². The van der Waals surface area contributed by atoms with Crippen molar-refractivity contribution in [3.8, 4) is 0 Å². The van der Waals surface area contributed by atoms with E-state index in [0.29, 0.717) is 0 Å². The SMILES string of the molecule is CCN(c1ccccc1)c1ccc([C+](c2ccc(N(CC)c3ccccc3)cc2)c2ccc(NCC3CCCCC3)c3ccccc23)cc1. The van der Waals surface area contributed by atoms with Crippen molar-refractivity contribution in [2.45, 2.75) is 46.0 Å². The zero-order chi connectivity index (χ0) is 33.4. The second kappa shape index (κ2) is 15.4. The van der Waals surface area contributed by atoms with Gasteiger partial charge in [-0.05, 0) is 130 Å².